The van der Waals surface area contributed by atoms with E-state index >= 15 is 0 Å². The van der Waals surface area contributed by atoms with Gasteiger partial charge < -0.3 is 15.0 Å². The van der Waals surface area contributed by atoms with Gasteiger partial charge in [0.05, 0.1) is 12.9 Å². The third kappa shape index (κ3) is 4.05. The smallest absolute Gasteiger partial charge is 0.303 e. The molecule has 0 aliphatic carbocycles. The van der Waals surface area contributed by atoms with Crippen molar-refractivity contribution >= 4 is 46.2 Å². The fraction of sp³-hybridized carbons (Fsp3) is 0.294. The summed E-state index contributed by atoms with van der Waals surface area (Å²) >= 11 is 12.2. The Morgan fingerprint density at radius 1 is 1.27 bits per heavy atom. The Balaban J connectivity index is 1.93. The average Bonchev–Trinajstić information content (AvgIpc) is 2.98. The molecule has 7 nitrogen and oxygen atoms in total. The summed E-state index contributed by atoms with van der Waals surface area (Å²) in [6.45, 7) is 0.496. The molecule has 0 saturated heterocycles. The number of carboxylic acids is 1. The Morgan fingerprint density at radius 3 is 2.81 bits per heavy atom. The molecular weight excluding hydrogens is 377 g/mol. The van der Waals surface area contributed by atoms with Gasteiger partial charge in [-0.25, -0.2) is 4.98 Å². The van der Waals surface area contributed by atoms with Crippen LogP contribution in [0.15, 0.2) is 24.5 Å². The van der Waals surface area contributed by atoms with Crippen LogP contribution in [-0.4, -0.2) is 37.6 Å². The standard InChI is InChI=1S/C17H17Cl2N5O2/c1-20-15-14-16(23-17(19)22-15)24(9-21-14)8-11-7-12(18)6-5-10(11)3-2-4-13(25)26/h5-7,9H,2-4,8H2,1H3,(H,25,26)(H,20,22,23). The van der Waals surface area contributed by atoms with Crippen LogP contribution in [0.5, 0.6) is 0 Å². The van der Waals surface area contributed by atoms with Crippen molar-refractivity contribution in [1.82, 2.24) is 19.5 Å². The summed E-state index contributed by atoms with van der Waals surface area (Å²) in [5.41, 5.74) is 3.28. The van der Waals surface area contributed by atoms with Crippen molar-refractivity contribution in [3.05, 3.63) is 46.0 Å². The summed E-state index contributed by atoms with van der Waals surface area (Å²) in [6.07, 6.45) is 3.03. The highest BCUT2D eigenvalue weighted by Crippen LogP contribution is 2.24. The molecule has 3 rings (SSSR count). The summed E-state index contributed by atoms with van der Waals surface area (Å²) in [5, 5.41) is 12.6. The van der Waals surface area contributed by atoms with Gasteiger partial charge in [0.25, 0.3) is 0 Å². The number of imidazole rings is 1. The molecule has 3 aromatic rings. The number of halogens is 2. The molecule has 1 aromatic carbocycles. The second-order valence-electron chi connectivity index (χ2n) is 5.80. The van der Waals surface area contributed by atoms with Crippen LogP contribution < -0.4 is 5.32 Å². The first-order chi connectivity index (χ1) is 12.5. The highest BCUT2D eigenvalue weighted by Gasteiger charge is 2.13. The molecule has 0 radical (unpaired) electrons. The van der Waals surface area contributed by atoms with Gasteiger partial charge in [0.2, 0.25) is 5.28 Å². The highest BCUT2D eigenvalue weighted by molar-refractivity contribution is 6.30. The first-order valence-electron chi connectivity index (χ1n) is 8.03. The lowest BCUT2D eigenvalue weighted by Gasteiger charge is -2.11. The molecule has 0 amide bonds. The van der Waals surface area contributed by atoms with Crippen molar-refractivity contribution in [2.24, 2.45) is 0 Å². The van der Waals surface area contributed by atoms with E-state index in [0.717, 1.165) is 11.1 Å². The monoisotopic (exact) mass is 393 g/mol. The Bertz CT molecular complexity index is 958. The Labute approximate surface area is 160 Å². The van der Waals surface area contributed by atoms with E-state index in [9.17, 15) is 4.79 Å². The number of aryl methyl sites for hydroxylation is 1. The van der Waals surface area contributed by atoms with E-state index < -0.39 is 5.97 Å². The Hall–Kier alpha value is -2.38. The largest absolute Gasteiger partial charge is 0.481 e. The lowest BCUT2D eigenvalue weighted by Crippen LogP contribution is -2.05. The van der Waals surface area contributed by atoms with Crippen molar-refractivity contribution in [2.45, 2.75) is 25.8 Å². The van der Waals surface area contributed by atoms with Gasteiger partial charge in [0, 0.05) is 18.5 Å². The maximum absolute atomic E-state index is 10.8. The molecule has 0 spiro atoms. The number of anilines is 1. The number of carboxylic acid groups (broad SMARTS) is 1. The molecule has 0 unspecified atom stereocenters. The maximum Gasteiger partial charge on any atom is 0.303 e. The quantitative estimate of drug-likeness (QED) is 0.595. The minimum Gasteiger partial charge on any atom is -0.481 e. The van der Waals surface area contributed by atoms with Gasteiger partial charge in [0.15, 0.2) is 17.0 Å². The fourth-order valence-electron chi connectivity index (χ4n) is 2.81. The van der Waals surface area contributed by atoms with Crippen molar-refractivity contribution < 1.29 is 9.90 Å². The van der Waals surface area contributed by atoms with Gasteiger partial charge in [0.1, 0.15) is 0 Å². The SMILES string of the molecule is CNc1nc(Cl)nc2c1ncn2Cc1cc(Cl)ccc1CCCC(=O)O. The van der Waals surface area contributed by atoms with Gasteiger partial charge in [-0.2, -0.15) is 9.97 Å². The number of aliphatic carboxylic acids is 1. The molecule has 0 bridgehead atoms. The molecule has 26 heavy (non-hydrogen) atoms. The Kier molecular flexibility index (Phi) is 5.58. The van der Waals surface area contributed by atoms with Crippen LogP contribution >= 0.6 is 23.2 Å². The van der Waals surface area contributed by atoms with Crippen LogP contribution in [0.3, 0.4) is 0 Å². The van der Waals surface area contributed by atoms with Crippen LogP contribution in [-0.2, 0) is 17.8 Å². The number of carbonyl (C=O) groups is 1. The number of nitrogens with zero attached hydrogens (tertiary/aromatic N) is 4. The third-order valence-electron chi connectivity index (χ3n) is 4.02. The first-order valence-corrected chi connectivity index (χ1v) is 8.78. The van der Waals surface area contributed by atoms with Crippen LogP contribution in [0.25, 0.3) is 11.2 Å². The molecule has 0 atom stereocenters. The number of hydrogen-bond donors (Lipinski definition) is 2. The first kappa shape index (κ1) is 18.4. The topological polar surface area (TPSA) is 92.9 Å². The Morgan fingerprint density at radius 2 is 2.08 bits per heavy atom. The van der Waals surface area contributed by atoms with E-state index in [1.54, 1.807) is 13.4 Å². The molecule has 0 aliphatic rings. The van der Waals surface area contributed by atoms with Crippen molar-refractivity contribution in [3.63, 3.8) is 0 Å². The fourth-order valence-corrected chi connectivity index (χ4v) is 3.17. The maximum atomic E-state index is 10.8. The minimum absolute atomic E-state index is 0.129. The molecule has 136 valence electrons. The molecule has 0 fully saturated rings. The molecule has 2 heterocycles. The zero-order valence-corrected chi connectivity index (χ0v) is 15.5. The van der Waals surface area contributed by atoms with E-state index in [2.05, 4.69) is 20.3 Å². The third-order valence-corrected chi connectivity index (χ3v) is 4.42. The van der Waals surface area contributed by atoms with E-state index in [-0.39, 0.29) is 11.7 Å². The number of aromatic nitrogens is 4. The normalized spacial score (nSPS) is 11.0. The van der Waals surface area contributed by atoms with Crippen molar-refractivity contribution in [1.29, 1.82) is 0 Å². The number of rotatable bonds is 7. The second kappa shape index (κ2) is 7.88. The molecule has 2 aromatic heterocycles. The van der Waals surface area contributed by atoms with Gasteiger partial charge in [-0.15, -0.1) is 0 Å². The lowest BCUT2D eigenvalue weighted by molar-refractivity contribution is -0.137. The molecule has 0 aliphatic heterocycles. The van der Waals surface area contributed by atoms with Gasteiger partial charge in [-0.1, -0.05) is 17.7 Å². The number of benzene rings is 1. The van der Waals surface area contributed by atoms with Crippen molar-refractivity contribution in [3.8, 4) is 0 Å². The van der Waals surface area contributed by atoms with Crippen LogP contribution in [0, 0.1) is 0 Å². The van der Waals surface area contributed by atoms with Gasteiger partial charge >= 0.3 is 5.97 Å². The second-order valence-corrected chi connectivity index (χ2v) is 6.57. The number of fused-ring (bicyclic) bond motifs is 1. The predicted octanol–water partition coefficient (Wildman–Crippen LogP) is 3.63. The molecule has 2 N–H and O–H groups in total. The van der Waals surface area contributed by atoms with Crippen LogP contribution in [0.4, 0.5) is 5.82 Å². The van der Waals surface area contributed by atoms with Gasteiger partial charge in [-0.3, -0.25) is 4.79 Å². The predicted molar refractivity (Wildman–Crippen MR) is 101 cm³/mol. The summed E-state index contributed by atoms with van der Waals surface area (Å²) in [5.74, 6) is -0.237. The van der Waals surface area contributed by atoms with E-state index in [0.29, 0.717) is 41.4 Å². The number of nitrogens with one attached hydrogen (secondary N) is 1. The summed E-state index contributed by atoms with van der Waals surface area (Å²) < 4.78 is 1.87. The van der Waals surface area contributed by atoms with Crippen LogP contribution in [0.1, 0.15) is 24.0 Å². The highest BCUT2D eigenvalue weighted by atomic mass is 35.5. The van der Waals surface area contributed by atoms with Crippen LogP contribution in [0.2, 0.25) is 10.3 Å². The molecule has 0 saturated carbocycles. The zero-order chi connectivity index (χ0) is 18.7. The summed E-state index contributed by atoms with van der Waals surface area (Å²) in [6, 6.07) is 5.62. The average molecular weight is 394 g/mol. The summed E-state index contributed by atoms with van der Waals surface area (Å²) in [7, 11) is 1.74. The van der Waals surface area contributed by atoms with E-state index in [1.807, 2.05) is 22.8 Å². The molecule has 9 heteroatoms. The zero-order valence-electron chi connectivity index (χ0n) is 14.0. The summed E-state index contributed by atoms with van der Waals surface area (Å²) in [4.78, 5) is 23.5. The van der Waals surface area contributed by atoms with E-state index in [1.165, 1.54) is 0 Å². The lowest BCUT2D eigenvalue weighted by atomic mass is 10.0. The minimum atomic E-state index is -0.799. The number of hydrogen-bond acceptors (Lipinski definition) is 5. The van der Waals surface area contributed by atoms with Crippen molar-refractivity contribution in [2.75, 3.05) is 12.4 Å². The molecular formula is C17H17Cl2N5O2. The van der Waals surface area contributed by atoms with Gasteiger partial charge in [-0.05, 0) is 47.7 Å². The van der Waals surface area contributed by atoms with E-state index in [4.69, 9.17) is 28.3 Å².